The van der Waals surface area contributed by atoms with Gasteiger partial charge >= 0.3 is 0 Å². The lowest BCUT2D eigenvalue weighted by Crippen LogP contribution is -2.17. The minimum absolute atomic E-state index is 0.299. The Labute approximate surface area is 335 Å². The molecule has 0 atom stereocenters. The van der Waals surface area contributed by atoms with Gasteiger partial charge in [0.05, 0.1) is 0 Å². The molecule has 56 heavy (non-hydrogen) atoms. The first-order valence-electron chi connectivity index (χ1n) is 22.1. The second kappa shape index (κ2) is 16.9. The van der Waals surface area contributed by atoms with Crippen LogP contribution in [0.5, 0.6) is 0 Å². The quantitative estimate of drug-likeness (QED) is 0.159. The van der Waals surface area contributed by atoms with Crippen LogP contribution < -0.4 is 0 Å². The number of benzene rings is 5. The zero-order chi connectivity index (χ0) is 37.8. The molecule has 286 valence electrons. The molecule has 5 aromatic rings. The van der Waals surface area contributed by atoms with E-state index in [1.54, 1.807) is 22.3 Å². The van der Waals surface area contributed by atoms with E-state index in [2.05, 4.69) is 84.9 Å². The highest BCUT2D eigenvalue weighted by Crippen LogP contribution is 2.31. The molecule has 0 unspecified atom stereocenters. The summed E-state index contributed by atoms with van der Waals surface area (Å²) in [5.74, 6) is 0.598. The molecular weight excluding hydrogens is 681 g/mol. The first kappa shape index (κ1) is 37.0. The van der Waals surface area contributed by atoms with E-state index in [4.69, 9.17) is 0 Å². The van der Waals surface area contributed by atoms with E-state index in [0.717, 1.165) is 125 Å². The summed E-state index contributed by atoms with van der Waals surface area (Å²) < 4.78 is 0. The number of aryl methyl sites for hydroxylation is 12. The van der Waals surface area contributed by atoms with Crippen LogP contribution in [-0.2, 0) is 112 Å². The van der Waals surface area contributed by atoms with Crippen LogP contribution in [0.3, 0.4) is 0 Å². The van der Waals surface area contributed by atoms with Crippen LogP contribution in [0.25, 0.3) is 0 Å². The fraction of sp³-hybridized carbons (Fsp3) is 0.407. The Morgan fingerprint density at radius 2 is 0.464 bits per heavy atom. The highest BCUT2D eigenvalue weighted by atomic mass is 16.1. The Hall–Kier alpha value is -4.56. The molecule has 0 radical (unpaired) electrons. The van der Waals surface area contributed by atoms with Crippen molar-refractivity contribution in [2.75, 3.05) is 0 Å². The fourth-order valence-corrected chi connectivity index (χ4v) is 10.6. The van der Waals surface area contributed by atoms with Gasteiger partial charge in [0.15, 0.2) is 0 Å². The molecule has 0 heterocycles. The summed E-state index contributed by atoms with van der Waals surface area (Å²) in [6, 6.07) is 33.0. The van der Waals surface area contributed by atoms with Crippen molar-refractivity contribution in [1.82, 2.24) is 0 Å². The number of hydrogen-bond acceptors (Lipinski definition) is 2. The molecule has 4 aliphatic carbocycles. The molecule has 0 aromatic heterocycles. The topological polar surface area (TPSA) is 34.1 Å². The van der Waals surface area contributed by atoms with E-state index in [1.165, 1.54) is 57.3 Å². The van der Waals surface area contributed by atoms with Crippen LogP contribution in [0.1, 0.15) is 128 Å². The maximum atomic E-state index is 14.2. The summed E-state index contributed by atoms with van der Waals surface area (Å²) in [5, 5.41) is 0. The number of ketones is 2. The smallest absolute Gasteiger partial charge is 0.141 e. The Morgan fingerprint density at radius 3 is 0.732 bits per heavy atom. The molecule has 5 aromatic carbocycles. The highest BCUT2D eigenvalue weighted by molar-refractivity contribution is 5.86. The Kier molecular flexibility index (Phi) is 11.2. The maximum Gasteiger partial charge on any atom is 0.141 e. The van der Waals surface area contributed by atoms with Crippen LogP contribution in [0.4, 0.5) is 0 Å². The first-order valence-corrected chi connectivity index (χ1v) is 22.1. The minimum Gasteiger partial charge on any atom is -0.299 e. The number of carbonyl (C=O) groups is 2. The fourth-order valence-electron chi connectivity index (χ4n) is 10.6. The van der Waals surface area contributed by atoms with Gasteiger partial charge in [-0.2, -0.15) is 0 Å². The molecule has 0 fully saturated rings. The van der Waals surface area contributed by atoms with Crippen molar-refractivity contribution in [3.63, 3.8) is 0 Å². The normalized spacial score (nSPS) is 17.9. The highest BCUT2D eigenvalue weighted by Gasteiger charge is 2.22. The van der Waals surface area contributed by atoms with E-state index >= 15 is 0 Å². The van der Waals surface area contributed by atoms with Gasteiger partial charge in [0.1, 0.15) is 11.6 Å². The zero-order valence-corrected chi connectivity index (χ0v) is 33.5. The lowest BCUT2D eigenvalue weighted by molar-refractivity contribution is -0.118. The summed E-state index contributed by atoms with van der Waals surface area (Å²) in [6.45, 7) is 0. The van der Waals surface area contributed by atoms with E-state index in [9.17, 15) is 9.59 Å². The molecule has 4 aliphatic rings. The van der Waals surface area contributed by atoms with Gasteiger partial charge in [-0.15, -0.1) is 0 Å². The van der Waals surface area contributed by atoms with Crippen molar-refractivity contribution in [1.29, 1.82) is 0 Å². The van der Waals surface area contributed by atoms with Gasteiger partial charge in [0.2, 0.25) is 0 Å². The molecule has 0 saturated heterocycles. The monoisotopic (exact) mass is 738 g/mol. The number of hydrogen-bond donors (Lipinski definition) is 0. The Morgan fingerprint density at radius 1 is 0.250 bits per heavy atom. The molecule has 16 bridgehead atoms. The Balaban J connectivity index is 0.999. The van der Waals surface area contributed by atoms with Gasteiger partial charge < -0.3 is 0 Å². The summed E-state index contributed by atoms with van der Waals surface area (Å²) in [5.41, 5.74) is 21.9. The standard InChI is InChI=1S/C54H58O2/c55-53-33-49-31-50(46-20-6-16-40-12-2-11-39(26-40)15-5-19-45(49)29-46)34-54(56)36-52-32-51(35-53)47-23-7-21-43-28-44(22-8-24-48(52)30-47)42-18-4-14-38-10-1-9-37(25-38)13-3-17-41(43)27-42/h1-2,9-12,25-32H,3-8,13-24,33-36H2. The third kappa shape index (κ3) is 8.71. The van der Waals surface area contributed by atoms with Crippen molar-refractivity contribution < 1.29 is 9.59 Å². The van der Waals surface area contributed by atoms with E-state index in [1.807, 2.05) is 0 Å². The lowest BCUT2D eigenvalue weighted by Gasteiger charge is -2.22. The zero-order valence-electron chi connectivity index (χ0n) is 33.5. The second-order valence-corrected chi connectivity index (χ2v) is 17.7. The van der Waals surface area contributed by atoms with Crippen molar-refractivity contribution in [2.24, 2.45) is 0 Å². The van der Waals surface area contributed by atoms with E-state index < -0.39 is 0 Å². The molecule has 9 rings (SSSR count). The number of carbonyl (C=O) groups excluding carboxylic acids is 2. The van der Waals surface area contributed by atoms with Crippen LogP contribution >= 0.6 is 0 Å². The molecule has 0 spiro atoms. The average molecular weight is 739 g/mol. The summed E-state index contributed by atoms with van der Waals surface area (Å²) >= 11 is 0. The lowest BCUT2D eigenvalue weighted by atomic mass is 9.82. The van der Waals surface area contributed by atoms with Crippen molar-refractivity contribution in [3.8, 4) is 0 Å². The first-order chi connectivity index (χ1) is 27.5. The molecule has 0 aliphatic heterocycles. The minimum atomic E-state index is 0.299. The number of Topliss-reactive ketones (excluding diaryl/α,β-unsaturated/α-hetero) is 2. The van der Waals surface area contributed by atoms with Crippen LogP contribution in [0.15, 0.2) is 84.9 Å². The average Bonchev–Trinajstić information content (AvgIpc) is 3.17. The molecule has 0 saturated carbocycles. The third-order valence-corrected chi connectivity index (χ3v) is 13.5. The predicted octanol–water partition coefficient (Wildman–Crippen LogP) is 10.7. The van der Waals surface area contributed by atoms with Gasteiger partial charge in [-0.05, 0) is 205 Å². The predicted molar refractivity (Wildman–Crippen MR) is 229 cm³/mol. The second-order valence-electron chi connectivity index (χ2n) is 17.7. The maximum absolute atomic E-state index is 14.2. The van der Waals surface area contributed by atoms with Gasteiger partial charge in [-0.3, -0.25) is 9.59 Å². The molecule has 2 heteroatoms. The van der Waals surface area contributed by atoms with Gasteiger partial charge in [-0.25, -0.2) is 0 Å². The summed E-state index contributed by atoms with van der Waals surface area (Å²) in [4.78, 5) is 28.4. The van der Waals surface area contributed by atoms with Gasteiger partial charge in [0.25, 0.3) is 0 Å². The SMILES string of the molecule is O=C1Cc2cc(c3cc2CCCc2cccc(c2)CCC3)CC(=O)Cc2cc(c3cc2CCCc2cc(c4cc2CCCc2cccc(c2)CCC4)CCC3)C1. The molecule has 2 nitrogen and oxygen atoms in total. The van der Waals surface area contributed by atoms with E-state index in [0.29, 0.717) is 37.2 Å². The number of rotatable bonds is 0. The van der Waals surface area contributed by atoms with Crippen LogP contribution in [0.2, 0.25) is 0 Å². The van der Waals surface area contributed by atoms with Gasteiger partial charge in [0, 0.05) is 25.7 Å². The molecule has 0 amide bonds. The third-order valence-electron chi connectivity index (χ3n) is 13.5. The molecular formula is C54H58O2. The van der Waals surface area contributed by atoms with Crippen LogP contribution in [0, 0.1) is 0 Å². The van der Waals surface area contributed by atoms with Crippen molar-refractivity contribution in [3.05, 3.63) is 174 Å². The van der Waals surface area contributed by atoms with Gasteiger partial charge in [-0.1, -0.05) is 84.9 Å². The Bertz CT molecular complexity index is 2130. The number of fused-ring (bicyclic) bond motifs is 22. The molecule has 0 N–H and O–H groups in total. The largest absolute Gasteiger partial charge is 0.299 e. The van der Waals surface area contributed by atoms with Crippen molar-refractivity contribution >= 4 is 11.6 Å². The summed E-state index contributed by atoms with van der Waals surface area (Å²) in [7, 11) is 0. The van der Waals surface area contributed by atoms with E-state index in [-0.39, 0.29) is 0 Å². The summed E-state index contributed by atoms with van der Waals surface area (Å²) in [6.07, 6.45) is 21.1. The van der Waals surface area contributed by atoms with Crippen LogP contribution in [-0.4, -0.2) is 11.6 Å². The van der Waals surface area contributed by atoms with Crippen molar-refractivity contribution in [2.45, 2.75) is 141 Å².